The molecule has 5 heteroatoms. The van der Waals surface area contributed by atoms with E-state index in [4.69, 9.17) is 0 Å². The standard InChI is InChI=1S/C21H25N5/c1-16-11-24-25-20(16)10-17-6-5-9-26(14-17)15-18-12-22-21(23-13-18)19-7-3-2-4-8-19/h2-4,7-8,11-13,17H,5-6,9-10,14-15H2,1H3,(H,24,25)/t17-/m1/s1. The Bertz CT molecular complexity index is 825. The van der Waals surface area contributed by atoms with Crippen LogP contribution in [-0.2, 0) is 13.0 Å². The van der Waals surface area contributed by atoms with Crippen molar-refractivity contribution in [3.63, 3.8) is 0 Å². The molecule has 134 valence electrons. The molecule has 26 heavy (non-hydrogen) atoms. The van der Waals surface area contributed by atoms with Crippen LogP contribution in [0.4, 0.5) is 0 Å². The van der Waals surface area contributed by atoms with Crippen molar-refractivity contribution in [3.8, 4) is 11.4 Å². The summed E-state index contributed by atoms with van der Waals surface area (Å²) in [5.74, 6) is 1.48. The van der Waals surface area contributed by atoms with Gasteiger partial charge in [0.15, 0.2) is 5.82 Å². The van der Waals surface area contributed by atoms with Crippen molar-refractivity contribution >= 4 is 0 Å². The zero-order chi connectivity index (χ0) is 17.8. The van der Waals surface area contributed by atoms with Crippen molar-refractivity contribution in [1.82, 2.24) is 25.1 Å². The molecule has 1 saturated heterocycles. The highest BCUT2D eigenvalue weighted by Crippen LogP contribution is 2.23. The number of nitrogens with zero attached hydrogens (tertiary/aromatic N) is 4. The molecule has 1 aromatic carbocycles. The molecule has 0 unspecified atom stereocenters. The van der Waals surface area contributed by atoms with Crippen molar-refractivity contribution in [1.29, 1.82) is 0 Å². The average Bonchev–Trinajstić information content (AvgIpc) is 3.08. The molecular formula is C21H25N5. The van der Waals surface area contributed by atoms with Gasteiger partial charge in [0.25, 0.3) is 0 Å². The van der Waals surface area contributed by atoms with Crippen molar-refractivity contribution < 1.29 is 0 Å². The Kier molecular flexibility index (Phi) is 5.07. The lowest BCUT2D eigenvalue weighted by atomic mass is 9.92. The number of hydrogen-bond donors (Lipinski definition) is 1. The summed E-state index contributed by atoms with van der Waals surface area (Å²) in [5.41, 5.74) is 4.80. The van der Waals surface area contributed by atoms with Gasteiger partial charge in [0.05, 0.1) is 6.20 Å². The molecule has 0 bridgehead atoms. The summed E-state index contributed by atoms with van der Waals surface area (Å²) in [4.78, 5) is 11.6. The SMILES string of the molecule is Cc1cn[nH]c1C[C@H]1CCCN(Cc2cnc(-c3ccccc3)nc2)C1. The van der Waals surface area contributed by atoms with Gasteiger partial charge >= 0.3 is 0 Å². The minimum atomic E-state index is 0.687. The van der Waals surface area contributed by atoms with Gasteiger partial charge in [-0.25, -0.2) is 9.97 Å². The maximum absolute atomic E-state index is 4.55. The first-order chi connectivity index (χ1) is 12.8. The fourth-order valence-corrected chi connectivity index (χ4v) is 3.76. The zero-order valence-corrected chi connectivity index (χ0v) is 15.2. The van der Waals surface area contributed by atoms with Crippen LogP contribution in [-0.4, -0.2) is 38.2 Å². The van der Waals surface area contributed by atoms with E-state index in [0.717, 1.165) is 37.4 Å². The number of hydrogen-bond acceptors (Lipinski definition) is 4. The van der Waals surface area contributed by atoms with Crippen LogP contribution in [0.25, 0.3) is 11.4 Å². The number of benzene rings is 1. The van der Waals surface area contributed by atoms with E-state index < -0.39 is 0 Å². The molecule has 0 spiro atoms. The third kappa shape index (κ3) is 3.99. The Morgan fingerprint density at radius 2 is 1.92 bits per heavy atom. The summed E-state index contributed by atoms with van der Waals surface area (Å²) in [7, 11) is 0. The molecule has 2 aromatic heterocycles. The molecular weight excluding hydrogens is 322 g/mol. The van der Waals surface area contributed by atoms with Gasteiger partial charge in [0, 0.05) is 42.3 Å². The average molecular weight is 347 g/mol. The zero-order valence-electron chi connectivity index (χ0n) is 15.2. The van der Waals surface area contributed by atoms with Crippen LogP contribution in [0.3, 0.4) is 0 Å². The van der Waals surface area contributed by atoms with Crippen LogP contribution in [0, 0.1) is 12.8 Å². The second-order valence-corrected chi connectivity index (χ2v) is 7.26. The molecule has 4 rings (SSSR count). The van der Waals surface area contributed by atoms with E-state index in [2.05, 4.69) is 32.0 Å². The van der Waals surface area contributed by atoms with E-state index in [1.807, 2.05) is 48.9 Å². The molecule has 3 aromatic rings. The van der Waals surface area contributed by atoms with Gasteiger partial charge in [-0.3, -0.25) is 10.00 Å². The highest BCUT2D eigenvalue weighted by atomic mass is 15.1. The molecule has 0 saturated carbocycles. The fraction of sp³-hybridized carbons (Fsp3) is 0.381. The number of nitrogens with one attached hydrogen (secondary N) is 1. The lowest BCUT2D eigenvalue weighted by Crippen LogP contribution is -2.35. The smallest absolute Gasteiger partial charge is 0.159 e. The summed E-state index contributed by atoms with van der Waals surface area (Å²) < 4.78 is 0. The molecule has 0 radical (unpaired) electrons. The fourth-order valence-electron chi connectivity index (χ4n) is 3.76. The highest BCUT2D eigenvalue weighted by Gasteiger charge is 2.21. The molecule has 0 amide bonds. The van der Waals surface area contributed by atoms with Crippen LogP contribution >= 0.6 is 0 Å². The quantitative estimate of drug-likeness (QED) is 0.766. The van der Waals surface area contributed by atoms with E-state index in [9.17, 15) is 0 Å². The monoisotopic (exact) mass is 347 g/mol. The molecule has 0 aliphatic carbocycles. The number of H-pyrrole nitrogens is 1. The summed E-state index contributed by atoms with van der Waals surface area (Å²) in [5, 5.41) is 7.30. The molecule has 1 fully saturated rings. The van der Waals surface area contributed by atoms with Gasteiger partial charge < -0.3 is 0 Å². The Hall–Kier alpha value is -2.53. The number of aromatic amines is 1. The van der Waals surface area contributed by atoms with Crippen LogP contribution in [0.2, 0.25) is 0 Å². The van der Waals surface area contributed by atoms with Gasteiger partial charge in [0.2, 0.25) is 0 Å². The van der Waals surface area contributed by atoms with Gasteiger partial charge in [-0.2, -0.15) is 5.10 Å². The predicted molar refractivity (Wildman–Crippen MR) is 102 cm³/mol. The van der Waals surface area contributed by atoms with E-state index in [1.54, 1.807) is 0 Å². The van der Waals surface area contributed by atoms with Gasteiger partial charge in [0.1, 0.15) is 0 Å². The van der Waals surface area contributed by atoms with Crippen LogP contribution < -0.4 is 0 Å². The summed E-state index contributed by atoms with van der Waals surface area (Å²) >= 11 is 0. The van der Waals surface area contributed by atoms with Gasteiger partial charge in [-0.05, 0) is 44.2 Å². The lowest BCUT2D eigenvalue weighted by molar-refractivity contribution is 0.166. The molecule has 1 aliphatic rings. The second-order valence-electron chi connectivity index (χ2n) is 7.26. The van der Waals surface area contributed by atoms with E-state index in [1.165, 1.54) is 29.7 Å². The molecule has 3 heterocycles. The highest BCUT2D eigenvalue weighted by molar-refractivity contribution is 5.53. The predicted octanol–water partition coefficient (Wildman–Crippen LogP) is 3.63. The summed E-state index contributed by atoms with van der Waals surface area (Å²) in [6.45, 7) is 5.33. The van der Waals surface area contributed by atoms with E-state index in [-0.39, 0.29) is 0 Å². The Morgan fingerprint density at radius 1 is 1.12 bits per heavy atom. The van der Waals surface area contributed by atoms with E-state index in [0.29, 0.717) is 5.92 Å². The minimum absolute atomic E-state index is 0.687. The largest absolute Gasteiger partial charge is 0.299 e. The first-order valence-electron chi connectivity index (χ1n) is 9.35. The van der Waals surface area contributed by atoms with Gasteiger partial charge in [-0.15, -0.1) is 0 Å². The maximum Gasteiger partial charge on any atom is 0.159 e. The number of likely N-dealkylation sites (tertiary alicyclic amines) is 1. The Labute approximate surface area is 154 Å². The Morgan fingerprint density at radius 3 is 2.65 bits per heavy atom. The van der Waals surface area contributed by atoms with Crippen LogP contribution in [0.5, 0.6) is 0 Å². The first-order valence-corrected chi connectivity index (χ1v) is 9.35. The minimum Gasteiger partial charge on any atom is -0.299 e. The summed E-state index contributed by atoms with van der Waals surface area (Å²) in [6, 6.07) is 10.1. The van der Waals surface area contributed by atoms with Gasteiger partial charge in [-0.1, -0.05) is 30.3 Å². The van der Waals surface area contributed by atoms with Crippen LogP contribution in [0.1, 0.15) is 29.7 Å². The number of aromatic nitrogens is 4. The normalized spacial score (nSPS) is 18.1. The van der Waals surface area contributed by atoms with Crippen LogP contribution in [0.15, 0.2) is 48.9 Å². The van der Waals surface area contributed by atoms with Crippen molar-refractivity contribution in [2.45, 2.75) is 32.7 Å². The molecule has 1 atom stereocenters. The molecule has 1 N–H and O–H groups in total. The third-order valence-electron chi connectivity index (χ3n) is 5.17. The number of aryl methyl sites for hydroxylation is 1. The number of piperidine rings is 1. The third-order valence-corrected chi connectivity index (χ3v) is 5.17. The van der Waals surface area contributed by atoms with Crippen molar-refractivity contribution in [3.05, 3.63) is 65.7 Å². The second kappa shape index (κ2) is 7.79. The van der Waals surface area contributed by atoms with Crippen molar-refractivity contribution in [2.75, 3.05) is 13.1 Å². The molecule has 5 nitrogen and oxygen atoms in total. The first kappa shape index (κ1) is 16.9. The summed E-state index contributed by atoms with van der Waals surface area (Å²) in [6.07, 6.45) is 9.49. The topological polar surface area (TPSA) is 57.7 Å². The Balaban J connectivity index is 1.37. The lowest BCUT2D eigenvalue weighted by Gasteiger charge is -2.32. The molecule has 1 aliphatic heterocycles. The van der Waals surface area contributed by atoms with Crippen molar-refractivity contribution in [2.24, 2.45) is 5.92 Å². The van der Waals surface area contributed by atoms with E-state index >= 15 is 0 Å². The maximum atomic E-state index is 4.55. The number of rotatable bonds is 5.